The third kappa shape index (κ3) is 16.6. The Hall–Kier alpha value is -1.45. The topological polar surface area (TPSA) is 71.4 Å². The summed E-state index contributed by atoms with van der Waals surface area (Å²) in [7, 11) is 0. The minimum absolute atomic E-state index is 0.0263. The second-order valence-electron chi connectivity index (χ2n) is 5.36. The summed E-state index contributed by atoms with van der Waals surface area (Å²) in [5.41, 5.74) is 0. The molecule has 4 heteroatoms. The predicted octanol–water partition coefficient (Wildman–Crippen LogP) is 4.71. The zero-order chi connectivity index (χ0) is 17.4. The van der Waals surface area contributed by atoms with Gasteiger partial charge in [-0.2, -0.15) is 0 Å². The maximum absolute atomic E-state index is 10.9. The highest BCUT2D eigenvalue weighted by atomic mass is 16.3. The molecule has 0 aliphatic carbocycles. The maximum Gasteiger partial charge on any atom is 0.159 e. The normalized spacial score (nSPS) is 10.6. The molecule has 0 aromatic rings. The molecule has 22 heavy (non-hydrogen) atoms. The van der Waals surface area contributed by atoms with E-state index in [2.05, 4.69) is 0 Å². The average Bonchev–Trinajstić information content (AvgIpc) is 2.40. The summed E-state index contributed by atoms with van der Waals surface area (Å²) in [5.74, 6) is 0.418. The van der Waals surface area contributed by atoms with Crippen LogP contribution in [0, 0.1) is 0 Å². The number of aliphatic hydroxyl groups is 1. The molecule has 0 heterocycles. The molecule has 4 nitrogen and oxygen atoms in total. The number of ketones is 3. The molecule has 0 radical (unpaired) electrons. The van der Waals surface area contributed by atoms with Crippen LogP contribution in [0.5, 0.6) is 0 Å². The van der Waals surface area contributed by atoms with Gasteiger partial charge in [-0.3, -0.25) is 14.4 Å². The van der Waals surface area contributed by atoms with Crippen LogP contribution in [-0.4, -0.2) is 22.5 Å². The second-order valence-corrected chi connectivity index (χ2v) is 5.36. The number of Topliss-reactive ketones (excluding diaryl/α,β-unsaturated/α-hetero) is 2. The summed E-state index contributed by atoms with van der Waals surface area (Å²) >= 11 is 0. The van der Waals surface area contributed by atoms with E-state index >= 15 is 0 Å². The molecule has 0 fully saturated rings. The molecule has 0 saturated carbocycles. The molecule has 0 amide bonds. The molecule has 0 unspecified atom stereocenters. The van der Waals surface area contributed by atoms with Gasteiger partial charge >= 0.3 is 0 Å². The molecule has 0 aromatic heterocycles. The van der Waals surface area contributed by atoms with Gasteiger partial charge in [-0.15, -0.1) is 0 Å². The largest absolute Gasteiger partial charge is 0.512 e. The SMILES string of the molecule is CCCC(=O)/C=C(\O)CCC.CCCC(=O)CC(=O)CCC. The number of hydrogen-bond donors (Lipinski definition) is 1. The third-order valence-corrected chi connectivity index (χ3v) is 2.78. The molecule has 0 saturated heterocycles. The lowest BCUT2D eigenvalue weighted by molar-refractivity contribution is -0.127. The molecule has 0 atom stereocenters. The number of rotatable bonds is 11. The fourth-order valence-corrected chi connectivity index (χ4v) is 1.79. The molecule has 0 rings (SSSR count). The van der Waals surface area contributed by atoms with Crippen molar-refractivity contribution in [3.8, 4) is 0 Å². The van der Waals surface area contributed by atoms with Crippen molar-refractivity contribution in [3.05, 3.63) is 11.8 Å². The zero-order valence-electron chi connectivity index (χ0n) is 14.6. The lowest BCUT2D eigenvalue weighted by Gasteiger charge is -1.96. The smallest absolute Gasteiger partial charge is 0.159 e. The predicted molar refractivity (Wildman–Crippen MR) is 90.0 cm³/mol. The van der Waals surface area contributed by atoms with Crippen LogP contribution in [0.2, 0.25) is 0 Å². The summed E-state index contributed by atoms with van der Waals surface area (Å²) in [6, 6.07) is 0. The third-order valence-electron chi connectivity index (χ3n) is 2.78. The van der Waals surface area contributed by atoms with Crippen LogP contribution in [0.15, 0.2) is 11.8 Å². The van der Waals surface area contributed by atoms with Crippen LogP contribution < -0.4 is 0 Å². The van der Waals surface area contributed by atoms with Gasteiger partial charge < -0.3 is 5.11 Å². The van der Waals surface area contributed by atoms with Crippen LogP contribution in [0.1, 0.15) is 85.5 Å². The minimum atomic E-state index is 0.0263. The van der Waals surface area contributed by atoms with Crippen molar-refractivity contribution in [2.75, 3.05) is 0 Å². The molecular formula is C18H32O4. The van der Waals surface area contributed by atoms with Crippen molar-refractivity contribution in [2.24, 2.45) is 0 Å². The van der Waals surface area contributed by atoms with Gasteiger partial charge in [0.1, 0.15) is 11.6 Å². The average molecular weight is 312 g/mol. The van der Waals surface area contributed by atoms with Gasteiger partial charge in [-0.25, -0.2) is 0 Å². The van der Waals surface area contributed by atoms with Crippen molar-refractivity contribution < 1.29 is 19.5 Å². The molecular weight excluding hydrogens is 280 g/mol. The van der Waals surface area contributed by atoms with Gasteiger partial charge in [0.25, 0.3) is 0 Å². The van der Waals surface area contributed by atoms with Crippen LogP contribution in [0.3, 0.4) is 0 Å². The van der Waals surface area contributed by atoms with Crippen LogP contribution in [0.25, 0.3) is 0 Å². The summed E-state index contributed by atoms with van der Waals surface area (Å²) in [4.78, 5) is 32.7. The van der Waals surface area contributed by atoms with Gasteiger partial charge in [-0.05, 0) is 25.7 Å². The molecule has 0 aliphatic heterocycles. The van der Waals surface area contributed by atoms with E-state index in [1.165, 1.54) is 6.08 Å². The van der Waals surface area contributed by atoms with E-state index in [-0.39, 0.29) is 29.5 Å². The van der Waals surface area contributed by atoms with Gasteiger partial charge in [0.05, 0.1) is 12.2 Å². The van der Waals surface area contributed by atoms with E-state index in [9.17, 15) is 14.4 Å². The number of aliphatic hydroxyl groups excluding tert-OH is 1. The molecule has 0 aliphatic rings. The molecule has 0 spiro atoms. The van der Waals surface area contributed by atoms with Gasteiger partial charge in [0, 0.05) is 31.8 Å². The van der Waals surface area contributed by atoms with Crippen molar-refractivity contribution in [3.63, 3.8) is 0 Å². The second kappa shape index (κ2) is 15.9. The van der Waals surface area contributed by atoms with Crippen molar-refractivity contribution in [1.82, 2.24) is 0 Å². The van der Waals surface area contributed by atoms with Gasteiger partial charge in [0.2, 0.25) is 0 Å². The quantitative estimate of drug-likeness (QED) is 0.340. The van der Waals surface area contributed by atoms with Crippen LogP contribution in [-0.2, 0) is 14.4 Å². The Balaban J connectivity index is 0. The number of hydrogen-bond acceptors (Lipinski definition) is 4. The Kier molecular flexibility index (Phi) is 16.5. The lowest BCUT2D eigenvalue weighted by Crippen LogP contribution is -2.06. The summed E-state index contributed by atoms with van der Waals surface area (Å²) in [5, 5.41) is 9.09. The first-order valence-corrected chi connectivity index (χ1v) is 8.36. The number of allylic oxidation sites excluding steroid dienone is 2. The molecule has 1 N–H and O–H groups in total. The first kappa shape index (κ1) is 22.8. The molecule has 0 bridgehead atoms. The van der Waals surface area contributed by atoms with Crippen LogP contribution in [0.4, 0.5) is 0 Å². The summed E-state index contributed by atoms with van der Waals surface area (Å²) in [6.45, 7) is 7.81. The fraction of sp³-hybridized carbons (Fsp3) is 0.722. The standard InChI is InChI=1S/2C9H16O2/c2*1-3-5-8(10)7-9(11)6-4-2/h3-7H2,1-2H3;7,10H,3-6H2,1-2H3/b;8-7-. The van der Waals surface area contributed by atoms with Crippen molar-refractivity contribution in [2.45, 2.75) is 85.5 Å². The van der Waals surface area contributed by atoms with Crippen molar-refractivity contribution in [1.29, 1.82) is 0 Å². The highest BCUT2D eigenvalue weighted by molar-refractivity contribution is 5.98. The highest BCUT2D eigenvalue weighted by Crippen LogP contribution is 2.02. The van der Waals surface area contributed by atoms with E-state index in [1.54, 1.807) is 0 Å². The maximum atomic E-state index is 10.9. The van der Waals surface area contributed by atoms with E-state index in [1.807, 2.05) is 27.7 Å². The Morgan fingerprint density at radius 1 is 0.727 bits per heavy atom. The molecule has 0 aromatic carbocycles. The van der Waals surface area contributed by atoms with E-state index in [4.69, 9.17) is 5.11 Å². The Bertz CT molecular complexity index is 340. The minimum Gasteiger partial charge on any atom is -0.512 e. The Morgan fingerprint density at radius 3 is 1.50 bits per heavy atom. The number of carbonyl (C=O) groups excluding carboxylic acids is 3. The van der Waals surface area contributed by atoms with E-state index < -0.39 is 0 Å². The highest BCUT2D eigenvalue weighted by Gasteiger charge is 2.06. The molecule has 128 valence electrons. The zero-order valence-corrected chi connectivity index (χ0v) is 14.6. The van der Waals surface area contributed by atoms with Gasteiger partial charge in [0.15, 0.2) is 5.78 Å². The fourth-order valence-electron chi connectivity index (χ4n) is 1.79. The Morgan fingerprint density at radius 2 is 1.14 bits per heavy atom. The van der Waals surface area contributed by atoms with E-state index in [0.29, 0.717) is 25.7 Å². The van der Waals surface area contributed by atoms with Crippen molar-refractivity contribution >= 4 is 17.3 Å². The lowest BCUT2D eigenvalue weighted by atomic mass is 10.1. The first-order chi connectivity index (χ1) is 10.4. The van der Waals surface area contributed by atoms with Crippen LogP contribution >= 0.6 is 0 Å². The summed E-state index contributed by atoms with van der Waals surface area (Å²) < 4.78 is 0. The number of carbonyl (C=O) groups is 3. The Labute approximate surface area is 135 Å². The van der Waals surface area contributed by atoms with E-state index in [0.717, 1.165) is 25.7 Å². The van der Waals surface area contributed by atoms with Gasteiger partial charge in [-0.1, -0.05) is 27.7 Å². The monoisotopic (exact) mass is 312 g/mol. The first-order valence-electron chi connectivity index (χ1n) is 8.36. The summed E-state index contributed by atoms with van der Waals surface area (Å²) in [6.07, 6.45) is 7.15.